The van der Waals surface area contributed by atoms with Crippen molar-refractivity contribution in [3.05, 3.63) is 0 Å². The van der Waals surface area contributed by atoms with Gasteiger partial charge in [-0.25, -0.2) is 4.79 Å². The number of carbonyl (C=O) groups is 2. The highest BCUT2D eigenvalue weighted by atomic mass is 16.5. The summed E-state index contributed by atoms with van der Waals surface area (Å²) in [5.41, 5.74) is 0. The predicted octanol–water partition coefficient (Wildman–Crippen LogP) is 0.189. The zero-order chi connectivity index (χ0) is 13.5. The van der Waals surface area contributed by atoms with Crippen molar-refractivity contribution >= 4 is 11.9 Å². The molecule has 0 aromatic heterocycles. The molecule has 1 aliphatic rings. The van der Waals surface area contributed by atoms with Crippen molar-refractivity contribution in [1.29, 1.82) is 0 Å². The van der Waals surface area contributed by atoms with Crippen LogP contribution in [0.15, 0.2) is 0 Å². The van der Waals surface area contributed by atoms with Gasteiger partial charge in [0, 0.05) is 20.7 Å². The highest BCUT2D eigenvalue weighted by Gasteiger charge is 2.27. The Morgan fingerprint density at radius 3 is 2.83 bits per heavy atom. The average Bonchev–Trinajstić information content (AvgIpc) is 2.38. The maximum atomic E-state index is 11.8. The summed E-state index contributed by atoms with van der Waals surface area (Å²) in [6.45, 7) is 4.28. The lowest BCUT2D eigenvalue weighted by Gasteiger charge is -2.35. The molecule has 1 heterocycles. The van der Waals surface area contributed by atoms with Gasteiger partial charge in [0.1, 0.15) is 0 Å². The summed E-state index contributed by atoms with van der Waals surface area (Å²) in [7, 11) is 3.18. The van der Waals surface area contributed by atoms with Crippen LogP contribution in [0.5, 0.6) is 0 Å². The molecule has 1 fully saturated rings. The van der Waals surface area contributed by atoms with E-state index >= 15 is 0 Å². The first-order valence-electron chi connectivity index (χ1n) is 6.34. The summed E-state index contributed by atoms with van der Waals surface area (Å²) < 4.78 is 5.16. The molecule has 104 valence electrons. The third-order valence-corrected chi connectivity index (χ3v) is 3.34. The van der Waals surface area contributed by atoms with E-state index in [-0.39, 0.29) is 11.9 Å². The molecule has 2 unspecified atom stereocenters. The van der Waals surface area contributed by atoms with Crippen molar-refractivity contribution < 1.29 is 14.3 Å². The summed E-state index contributed by atoms with van der Waals surface area (Å²) >= 11 is 0. The van der Waals surface area contributed by atoms with Gasteiger partial charge in [-0.2, -0.15) is 0 Å². The van der Waals surface area contributed by atoms with Crippen LogP contribution in [0.1, 0.15) is 19.8 Å². The van der Waals surface area contributed by atoms with Crippen molar-refractivity contribution in [3.63, 3.8) is 0 Å². The van der Waals surface area contributed by atoms with Gasteiger partial charge in [-0.1, -0.05) is 0 Å². The Bertz CT molecular complexity index is 294. The SMILES string of the molecule is CNC(=O)NC(=O)C(C)N1CCCC(COC)C1. The number of nitrogens with zero attached hydrogens (tertiary/aromatic N) is 1. The molecule has 0 radical (unpaired) electrons. The Kier molecular flexibility index (Phi) is 6.07. The minimum Gasteiger partial charge on any atom is -0.384 e. The highest BCUT2D eigenvalue weighted by molar-refractivity contribution is 5.96. The van der Waals surface area contributed by atoms with E-state index in [0.717, 1.165) is 32.5 Å². The number of amides is 3. The van der Waals surface area contributed by atoms with Crippen molar-refractivity contribution in [2.24, 2.45) is 5.92 Å². The molecule has 0 saturated carbocycles. The second-order valence-corrected chi connectivity index (χ2v) is 4.70. The van der Waals surface area contributed by atoms with Crippen LogP contribution in [0.25, 0.3) is 0 Å². The predicted molar refractivity (Wildman–Crippen MR) is 68.2 cm³/mol. The topological polar surface area (TPSA) is 70.7 Å². The Hall–Kier alpha value is -1.14. The van der Waals surface area contributed by atoms with Crippen molar-refractivity contribution in [2.75, 3.05) is 33.9 Å². The highest BCUT2D eigenvalue weighted by Crippen LogP contribution is 2.18. The summed E-state index contributed by atoms with van der Waals surface area (Å²) in [6, 6.07) is -0.751. The molecule has 3 amide bonds. The van der Waals surface area contributed by atoms with Gasteiger partial charge in [0.05, 0.1) is 12.6 Å². The lowest BCUT2D eigenvalue weighted by atomic mass is 9.97. The maximum absolute atomic E-state index is 11.8. The molecular weight excluding hydrogens is 234 g/mol. The normalized spacial score (nSPS) is 22.3. The molecule has 1 aliphatic heterocycles. The molecule has 1 saturated heterocycles. The smallest absolute Gasteiger partial charge is 0.321 e. The van der Waals surface area contributed by atoms with E-state index in [1.165, 1.54) is 7.05 Å². The molecule has 0 aromatic carbocycles. The third-order valence-electron chi connectivity index (χ3n) is 3.34. The van der Waals surface area contributed by atoms with Gasteiger partial charge in [-0.3, -0.25) is 15.0 Å². The number of imide groups is 1. The van der Waals surface area contributed by atoms with Crippen LogP contribution in [0.2, 0.25) is 0 Å². The zero-order valence-corrected chi connectivity index (χ0v) is 11.4. The van der Waals surface area contributed by atoms with E-state index in [1.807, 2.05) is 6.92 Å². The van der Waals surface area contributed by atoms with Gasteiger partial charge < -0.3 is 10.1 Å². The van der Waals surface area contributed by atoms with Crippen molar-refractivity contribution in [1.82, 2.24) is 15.5 Å². The number of urea groups is 1. The van der Waals surface area contributed by atoms with Gasteiger partial charge in [0.15, 0.2) is 0 Å². The fraction of sp³-hybridized carbons (Fsp3) is 0.833. The van der Waals surface area contributed by atoms with E-state index < -0.39 is 6.03 Å². The molecule has 1 rings (SSSR count). The summed E-state index contributed by atoms with van der Waals surface area (Å²) in [6.07, 6.45) is 2.19. The van der Waals surface area contributed by atoms with Crippen molar-refractivity contribution in [3.8, 4) is 0 Å². The second-order valence-electron chi connectivity index (χ2n) is 4.70. The average molecular weight is 257 g/mol. The fourth-order valence-corrected chi connectivity index (χ4v) is 2.27. The number of likely N-dealkylation sites (tertiary alicyclic amines) is 1. The van der Waals surface area contributed by atoms with Crippen LogP contribution in [0.4, 0.5) is 4.79 Å². The van der Waals surface area contributed by atoms with Crippen LogP contribution in [-0.4, -0.2) is 56.7 Å². The monoisotopic (exact) mass is 257 g/mol. The zero-order valence-electron chi connectivity index (χ0n) is 11.4. The molecular formula is C12H23N3O3. The standard InChI is InChI=1S/C12H23N3O3/c1-9(11(16)14-12(17)13-2)15-6-4-5-10(7-15)8-18-3/h9-10H,4-8H2,1-3H3,(H2,13,14,16,17). The minimum absolute atomic E-state index is 0.257. The quantitative estimate of drug-likeness (QED) is 0.754. The van der Waals surface area contributed by atoms with Gasteiger partial charge in [-0.15, -0.1) is 0 Å². The van der Waals surface area contributed by atoms with Crippen LogP contribution in [0.3, 0.4) is 0 Å². The molecule has 6 nitrogen and oxygen atoms in total. The fourth-order valence-electron chi connectivity index (χ4n) is 2.27. The molecule has 0 aromatic rings. The molecule has 2 atom stereocenters. The Morgan fingerprint density at radius 2 is 2.22 bits per heavy atom. The van der Waals surface area contributed by atoms with E-state index in [4.69, 9.17) is 4.74 Å². The lowest BCUT2D eigenvalue weighted by molar-refractivity contribution is -0.125. The third kappa shape index (κ3) is 4.27. The molecule has 0 bridgehead atoms. The van der Waals surface area contributed by atoms with E-state index in [1.54, 1.807) is 7.11 Å². The number of rotatable bonds is 4. The molecule has 18 heavy (non-hydrogen) atoms. The van der Waals surface area contributed by atoms with Crippen LogP contribution in [-0.2, 0) is 9.53 Å². The van der Waals surface area contributed by atoms with Crippen molar-refractivity contribution in [2.45, 2.75) is 25.8 Å². The van der Waals surface area contributed by atoms with Crippen LogP contribution < -0.4 is 10.6 Å². The van der Waals surface area contributed by atoms with Crippen LogP contribution in [0, 0.1) is 5.92 Å². The Labute approximate surface area is 108 Å². The maximum Gasteiger partial charge on any atom is 0.321 e. The summed E-state index contributed by atoms with van der Waals surface area (Å²) in [5, 5.41) is 4.68. The Morgan fingerprint density at radius 1 is 1.50 bits per heavy atom. The van der Waals surface area contributed by atoms with Gasteiger partial charge in [0.2, 0.25) is 5.91 Å². The largest absolute Gasteiger partial charge is 0.384 e. The number of piperidine rings is 1. The molecule has 6 heteroatoms. The van der Waals surface area contributed by atoms with Crippen LogP contribution >= 0.6 is 0 Å². The number of methoxy groups -OCH3 is 1. The van der Waals surface area contributed by atoms with Gasteiger partial charge in [0.25, 0.3) is 0 Å². The number of hydrogen-bond acceptors (Lipinski definition) is 4. The summed E-state index contributed by atoms with van der Waals surface area (Å²) in [4.78, 5) is 25.0. The first kappa shape index (κ1) is 14.9. The lowest BCUT2D eigenvalue weighted by Crippen LogP contribution is -2.52. The molecule has 0 spiro atoms. The van der Waals surface area contributed by atoms with Gasteiger partial charge in [-0.05, 0) is 32.2 Å². The molecule has 0 aliphatic carbocycles. The minimum atomic E-state index is -0.461. The van der Waals surface area contributed by atoms with E-state index in [9.17, 15) is 9.59 Å². The van der Waals surface area contributed by atoms with E-state index in [0.29, 0.717) is 5.92 Å². The number of hydrogen-bond donors (Lipinski definition) is 2. The summed E-state index contributed by atoms with van der Waals surface area (Å²) in [5.74, 6) is 0.214. The van der Waals surface area contributed by atoms with Gasteiger partial charge >= 0.3 is 6.03 Å². The number of carbonyl (C=O) groups excluding carboxylic acids is 2. The Balaban J connectivity index is 2.47. The first-order chi connectivity index (χ1) is 8.58. The number of nitrogens with one attached hydrogen (secondary N) is 2. The first-order valence-corrected chi connectivity index (χ1v) is 6.34. The number of ether oxygens (including phenoxy) is 1. The second kappa shape index (κ2) is 7.33. The molecule has 2 N–H and O–H groups in total. The van der Waals surface area contributed by atoms with E-state index in [2.05, 4.69) is 15.5 Å².